The number of nitrogens with zero attached hydrogens (tertiary/aromatic N) is 2. The number of carbonyl (C=O) groups is 2. The Hall–Kier alpha value is -4.08. The zero-order valence-electron chi connectivity index (χ0n) is 16.7. The van der Waals surface area contributed by atoms with Crippen LogP contribution in [0.2, 0.25) is 5.02 Å². The fraction of sp³-hybridized carbons (Fsp3) is 0. The third kappa shape index (κ3) is 5.05. The predicted molar refractivity (Wildman–Crippen MR) is 126 cm³/mol. The van der Waals surface area contributed by atoms with E-state index in [9.17, 15) is 19.7 Å². The van der Waals surface area contributed by atoms with Gasteiger partial charge in [-0.2, -0.15) is 5.10 Å². The highest BCUT2D eigenvalue weighted by Crippen LogP contribution is 2.35. The van der Waals surface area contributed by atoms with Gasteiger partial charge in [0, 0.05) is 27.8 Å². The number of benzene rings is 3. The average molecular weight is 480 g/mol. The Labute approximate surface area is 196 Å². The summed E-state index contributed by atoms with van der Waals surface area (Å²) in [7, 11) is 0. The van der Waals surface area contributed by atoms with Gasteiger partial charge in [0.1, 0.15) is 10.6 Å². The second-order valence-corrected chi connectivity index (χ2v) is 8.14. The first-order valence-electron chi connectivity index (χ1n) is 9.49. The van der Waals surface area contributed by atoms with Crippen molar-refractivity contribution in [3.05, 3.63) is 104 Å². The van der Waals surface area contributed by atoms with Gasteiger partial charge >= 0.3 is 5.97 Å². The summed E-state index contributed by atoms with van der Waals surface area (Å²) in [5.41, 5.74) is 3.03. The van der Waals surface area contributed by atoms with Gasteiger partial charge in [0.25, 0.3) is 11.6 Å². The fourth-order valence-electron chi connectivity index (χ4n) is 2.92. The number of fused-ring (bicyclic) bond motifs is 1. The van der Waals surface area contributed by atoms with Gasteiger partial charge < -0.3 is 4.74 Å². The van der Waals surface area contributed by atoms with Gasteiger partial charge in [-0.1, -0.05) is 41.9 Å². The second kappa shape index (κ2) is 9.60. The minimum Gasteiger partial charge on any atom is -0.422 e. The molecule has 0 aliphatic rings. The van der Waals surface area contributed by atoms with Crippen molar-refractivity contribution in [2.24, 2.45) is 5.10 Å². The van der Waals surface area contributed by atoms with Gasteiger partial charge in [0.2, 0.25) is 0 Å². The number of amides is 1. The summed E-state index contributed by atoms with van der Waals surface area (Å²) in [5, 5.41) is 15.7. The molecule has 4 aromatic rings. The van der Waals surface area contributed by atoms with Crippen LogP contribution in [0.1, 0.15) is 25.6 Å². The first-order chi connectivity index (χ1) is 15.9. The van der Waals surface area contributed by atoms with Crippen LogP contribution >= 0.6 is 22.9 Å². The van der Waals surface area contributed by atoms with Crippen molar-refractivity contribution >= 4 is 56.8 Å². The Morgan fingerprint density at radius 1 is 1.06 bits per heavy atom. The topological polar surface area (TPSA) is 111 Å². The minimum atomic E-state index is -0.568. The van der Waals surface area contributed by atoms with E-state index in [2.05, 4.69) is 10.5 Å². The van der Waals surface area contributed by atoms with Crippen LogP contribution in [0.3, 0.4) is 0 Å². The monoisotopic (exact) mass is 479 g/mol. The lowest BCUT2D eigenvalue weighted by atomic mass is 10.2. The highest BCUT2D eigenvalue weighted by molar-refractivity contribution is 7.21. The number of nitro groups is 1. The molecule has 0 saturated carbocycles. The highest BCUT2D eigenvalue weighted by atomic mass is 35.5. The molecule has 4 rings (SSSR count). The summed E-state index contributed by atoms with van der Waals surface area (Å²) in [5.74, 6) is -0.802. The van der Waals surface area contributed by atoms with Gasteiger partial charge in [-0.05, 0) is 35.9 Å². The fourth-order valence-corrected chi connectivity index (χ4v) is 4.31. The zero-order chi connectivity index (χ0) is 23.4. The quantitative estimate of drug-likeness (QED) is 0.130. The van der Waals surface area contributed by atoms with Crippen molar-refractivity contribution in [1.82, 2.24) is 5.43 Å². The Balaban J connectivity index is 1.41. The van der Waals surface area contributed by atoms with Crippen LogP contribution in [0.15, 0.2) is 77.9 Å². The average Bonchev–Trinajstić information content (AvgIpc) is 3.16. The molecule has 8 nitrogen and oxygen atoms in total. The summed E-state index contributed by atoms with van der Waals surface area (Å²) in [6.07, 6.45) is 1.38. The van der Waals surface area contributed by atoms with Crippen molar-refractivity contribution in [3.63, 3.8) is 0 Å². The Bertz CT molecular complexity index is 1400. The second-order valence-electron chi connectivity index (χ2n) is 6.71. The SMILES string of the molecule is O=C(N/N=C/c1cccc(OC(=O)c2sc3ccccc3c2Cl)c1)c1ccc([N+](=O)[O-])cc1. The lowest BCUT2D eigenvalue weighted by molar-refractivity contribution is -0.384. The number of ether oxygens (including phenoxy) is 1. The minimum absolute atomic E-state index is 0.113. The Morgan fingerprint density at radius 3 is 2.55 bits per heavy atom. The molecule has 33 heavy (non-hydrogen) atoms. The van der Waals surface area contributed by atoms with Crippen molar-refractivity contribution < 1.29 is 19.2 Å². The molecule has 10 heteroatoms. The number of halogens is 1. The maximum Gasteiger partial charge on any atom is 0.355 e. The number of hydrogen-bond acceptors (Lipinski definition) is 7. The van der Waals surface area contributed by atoms with Crippen molar-refractivity contribution in [1.29, 1.82) is 0 Å². The summed E-state index contributed by atoms with van der Waals surface area (Å²) in [4.78, 5) is 35.2. The summed E-state index contributed by atoms with van der Waals surface area (Å²) in [6.45, 7) is 0. The van der Waals surface area contributed by atoms with Crippen molar-refractivity contribution in [3.8, 4) is 5.75 Å². The molecule has 1 N–H and O–H groups in total. The number of hydrogen-bond donors (Lipinski definition) is 1. The Kier molecular flexibility index (Phi) is 6.43. The van der Waals surface area contributed by atoms with Crippen molar-refractivity contribution in [2.75, 3.05) is 0 Å². The number of rotatable bonds is 6. The molecule has 164 valence electrons. The van der Waals surface area contributed by atoms with Gasteiger partial charge in [-0.15, -0.1) is 11.3 Å². The molecular formula is C23H14ClN3O5S. The number of hydrazone groups is 1. The number of carbonyl (C=O) groups excluding carboxylic acids is 2. The first-order valence-corrected chi connectivity index (χ1v) is 10.7. The molecule has 0 bridgehead atoms. The highest BCUT2D eigenvalue weighted by Gasteiger charge is 2.19. The number of non-ortho nitro benzene ring substituents is 1. The maximum absolute atomic E-state index is 12.6. The van der Waals surface area contributed by atoms with Crippen LogP contribution in [0.4, 0.5) is 5.69 Å². The van der Waals surface area contributed by atoms with Crippen LogP contribution in [0.25, 0.3) is 10.1 Å². The normalized spacial score (nSPS) is 10.9. The number of esters is 1. The van der Waals surface area contributed by atoms with E-state index >= 15 is 0 Å². The van der Waals surface area contributed by atoms with Crippen LogP contribution in [0, 0.1) is 10.1 Å². The largest absolute Gasteiger partial charge is 0.422 e. The molecule has 1 heterocycles. The van der Waals surface area contributed by atoms with Crippen LogP contribution in [0.5, 0.6) is 5.75 Å². The van der Waals surface area contributed by atoms with Gasteiger partial charge in [0.15, 0.2) is 0 Å². The molecule has 1 aromatic heterocycles. The molecule has 0 aliphatic carbocycles. The lowest BCUT2D eigenvalue weighted by Crippen LogP contribution is -2.17. The van der Waals surface area contributed by atoms with E-state index in [1.165, 1.54) is 41.8 Å². The van der Waals surface area contributed by atoms with E-state index in [1.54, 1.807) is 24.3 Å². The maximum atomic E-state index is 12.6. The van der Waals surface area contributed by atoms with Crippen LogP contribution in [-0.4, -0.2) is 23.0 Å². The summed E-state index contributed by atoms with van der Waals surface area (Å²) < 4.78 is 6.35. The standard InChI is InChI=1S/C23H14ClN3O5S/c24-20-18-6-1-2-7-19(18)33-21(20)23(29)32-17-5-3-4-14(12-17)13-25-26-22(28)15-8-10-16(11-9-15)27(30)31/h1-13H,(H,26,28)/b25-13+. The van der Waals surface area contributed by atoms with Crippen molar-refractivity contribution in [2.45, 2.75) is 0 Å². The van der Waals surface area contributed by atoms with E-state index in [4.69, 9.17) is 16.3 Å². The Morgan fingerprint density at radius 2 is 1.82 bits per heavy atom. The predicted octanol–water partition coefficient (Wildman–Crippen LogP) is 5.45. The molecule has 0 fully saturated rings. The number of nitro benzene ring substituents is 1. The third-order valence-corrected chi connectivity index (χ3v) is 6.16. The van der Waals surface area contributed by atoms with E-state index in [0.29, 0.717) is 21.2 Å². The smallest absolute Gasteiger partial charge is 0.355 e. The molecule has 0 aliphatic heterocycles. The molecule has 0 spiro atoms. The lowest BCUT2D eigenvalue weighted by Gasteiger charge is -2.04. The number of thiophene rings is 1. The van der Waals surface area contributed by atoms with Crippen LogP contribution in [-0.2, 0) is 0 Å². The first kappa shape index (κ1) is 22.1. The van der Waals surface area contributed by atoms with E-state index in [1.807, 2.05) is 24.3 Å². The molecular weight excluding hydrogens is 466 g/mol. The molecule has 0 saturated heterocycles. The van der Waals surface area contributed by atoms with E-state index in [-0.39, 0.29) is 11.3 Å². The van der Waals surface area contributed by atoms with Gasteiger partial charge in [-0.25, -0.2) is 10.2 Å². The van der Waals surface area contributed by atoms with Crippen LogP contribution < -0.4 is 10.2 Å². The molecule has 0 radical (unpaired) electrons. The summed E-state index contributed by atoms with van der Waals surface area (Å²) in [6, 6.07) is 19.2. The third-order valence-electron chi connectivity index (χ3n) is 4.51. The van der Waals surface area contributed by atoms with Gasteiger partial charge in [-0.3, -0.25) is 14.9 Å². The zero-order valence-corrected chi connectivity index (χ0v) is 18.3. The number of nitrogens with one attached hydrogen (secondary N) is 1. The molecule has 0 atom stereocenters. The van der Waals surface area contributed by atoms with E-state index < -0.39 is 16.8 Å². The summed E-state index contributed by atoms with van der Waals surface area (Å²) >= 11 is 7.59. The molecule has 0 unspecified atom stereocenters. The van der Waals surface area contributed by atoms with E-state index in [0.717, 1.165) is 10.1 Å². The molecule has 1 amide bonds. The van der Waals surface area contributed by atoms with Gasteiger partial charge in [0.05, 0.1) is 16.2 Å². The molecule has 3 aromatic carbocycles.